The highest BCUT2D eigenvalue weighted by Crippen LogP contribution is 2.14. The normalized spacial score (nSPS) is 18.6. The first kappa shape index (κ1) is 17.5. The summed E-state index contributed by atoms with van der Waals surface area (Å²) in [4.78, 5) is 26.3. The van der Waals surface area contributed by atoms with Gasteiger partial charge < -0.3 is 16.0 Å². The molecule has 1 aliphatic rings. The number of rotatable bonds is 3. The van der Waals surface area contributed by atoms with Gasteiger partial charge in [0.05, 0.1) is 0 Å². The van der Waals surface area contributed by atoms with Crippen molar-refractivity contribution in [2.45, 2.75) is 39.7 Å². The van der Waals surface area contributed by atoms with Crippen LogP contribution >= 0.6 is 0 Å². The first-order chi connectivity index (χ1) is 10.8. The van der Waals surface area contributed by atoms with E-state index in [1.165, 1.54) is 0 Å². The first-order valence-corrected chi connectivity index (χ1v) is 8.19. The Morgan fingerprint density at radius 3 is 2.39 bits per heavy atom. The fraction of sp³-hybridized carbons (Fsp3) is 0.556. The van der Waals surface area contributed by atoms with Crippen molar-refractivity contribution in [3.63, 3.8) is 0 Å². The summed E-state index contributed by atoms with van der Waals surface area (Å²) < 4.78 is 0. The molecule has 1 aromatic carbocycles. The van der Waals surface area contributed by atoms with Crippen molar-refractivity contribution in [1.82, 2.24) is 10.2 Å². The van der Waals surface area contributed by atoms with Crippen molar-refractivity contribution in [3.8, 4) is 0 Å². The van der Waals surface area contributed by atoms with E-state index in [2.05, 4.69) is 26.1 Å². The SMILES string of the molecule is CC(C)(C)CNC(=O)c1ccc(C(=O)N2CCCC(N)C2)cc1. The topological polar surface area (TPSA) is 75.4 Å². The molecule has 2 rings (SSSR count). The molecule has 0 aliphatic carbocycles. The van der Waals surface area contributed by atoms with Gasteiger partial charge in [0, 0.05) is 36.8 Å². The molecule has 1 fully saturated rings. The van der Waals surface area contributed by atoms with Gasteiger partial charge in [0.1, 0.15) is 0 Å². The lowest BCUT2D eigenvalue weighted by molar-refractivity contribution is 0.0708. The van der Waals surface area contributed by atoms with E-state index < -0.39 is 0 Å². The van der Waals surface area contributed by atoms with Crippen LogP contribution in [0.25, 0.3) is 0 Å². The molecule has 0 bridgehead atoms. The Kier molecular flexibility index (Phi) is 5.42. The lowest BCUT2D eigenvalue weighted by Gasteiger charge is -2.30. The van der Waals surface area contributed by atoms with Crippen LogP contribution in [-0.4, -0.2) is 42.4 Å². The highest BCUT2D eigenvalue weighted by molar-refractivity contribution is 5.97. The minimum Gasteiger partial charge on any atom is -0.352 e. The van der Waals surface area contributed by atoms with Crippen molar-refractivity contribution in [2.75, 3.05) is 19.6 Å². The maximum Gasteiger partial charge on any atom is 0.253 e. The molecule has 0 radical (unpaired) electrons. The lowest BCUT2D eigenvalue weighted by atomic mass is 9.97. The third-order valence-corrected chi connectivity index (χ3v) is 3.92. The largest absolute Gasteiger partial charge is 0.352 e. The zero-order valence-corrected chi connectivity index (χ0v) is 14.3. The summed E-state index contributed by atoms with van der Waals surface area (Å²) in [5, 5.41) is 2.91. The van der Waals surface area contributed by atoms with Crippen LogP contribution in [0.5, 0.6) is 0 Å². The van der Waals surface area contributed by atoms with Crippen molar-refractivity contribution >= 4 is 11.8 Å². The van der Waals surface area contributed by atoms with Crippen LogP contribution in [0.2, 0.25) is 0 Å². The Hall–Kier alpha value is -1.88. The zero-order chi connectivity index (χ0) is 17.0. The maximum absolute atomic E-state index is 12.5. The van der Waals surface area contributed by atoms with Gasteiger partial charge in [-0.15, -0.1) is 0 Å². The molecular formula is C18H27N3O2. The number of hydrogen-bond acceptors (Lipinski definition) is 3. The van der Waals surface area contributed by atoms with E-state index in [0.717, 1.165) is 19.4 Å². The molecule has 1 saturated heterocycles. The van der Waals surface area contributed by atoms with E-state index in [4.69, 9.17) is 5.73 Å². The summed E-state index contributed by atoms with van der Waals surface area (Å²) in [7, 11) is 0. The molecule has 0 spiro atoms. The third kappa shape index (κ3) is 5.06. The van der Waals surface area contributed by atoms with Crippen molar-refractivity contribution < 1.29 is 9.59 Å². The number of nitrogens with two attached hydrogens (primary N) is 1. The quantitative estimate of drug-likeness (QED) is 0.895. The minimum absolute atomic E-state index is 0.0122. The van der Waals surface area contributed by atoms with Gasteiger partial charge in [-0.25, -0.2) is 0 Å². The second-order valence-electron chi connectivity index (χ2n) is 7.47. The molecule has 0 aromatic heterocycles. The molecule has 0 saturated carbocycles. The van der Waals surface area contributed by atoms with Crippen LogP contribution in [0, 0.1) is 5.41 Å². The van der Waals surface area contributed by atoms with Crippen LogP contribution in [0.3, 0.4) is 0 Å². The van der Waals surface area contributed by atoms with Crippen LogP contribution < -0.4 is 11.1 Å². The molecule has 1 aliphatic heterocycles. The Morgan fingerprint density at radius 2 is 1.83 bits per heavy atom. The van der Waals surface area contributed by atoms with E-state index in [9.17, 15) is 9.59 Å². The molecule has 1 heterocycles. The molecule has 23 heavy (non-hydrogen) atoms. The molecular weight excluding hydrogens is 290 g/mol. The Labute approximate surface area is 138 Å². The van der Waals surface area contributed by atoms with Crippen molar-refractivity contribution in [1.29, 1.82) is 0 Å². The predicted octanol–water partition coefficient (Wildman–Crippen LogP) is 2.03. The van der Waals surface area contributed by atoms with Gasteiger partial charge in [-0.2, -0.15) is 0 Å². The van der Waals surface area contributed by atoms with Gasteiger partial charge in [-0.1, -0.05) is 20.8 Å². The summed E-state index contributed by atoms with van der Waals surface area (Å²) in [6.07, 6.45) is 1.91. The highest BCUT2D eigenvalue weighted by atomic mass is 16.2. The number of nitrogens with zero attached hydrogens (tertiary/aromatic N) is 1. The van der Waals surface area contributed by atoms with Crippen LogP contribution in [0.15, 0.2) is 24.3 Å². The fourth-order valence-electron chi connectivity index (χ4n) is 2.59. The van der Waals surface area contributed by atoms with Gasteiger partial charge >= 0.3 is 0 Å². The molecule has 126 valence electrons. The Morgan fingerprint density at radius 1 is 1.22 bits per heavy atom. The average molecular weight is 317 g/mol. The third-order valence-electron chi connectivity index (χ3n) is 3.92. The molecule has 2 amide bonds. The van der Waals surface area contributed by atoms with Crippen molar-refractivity contribution in [2.24, 2.45) is 11.1 Å². The number of carbonyl (C=O) groups excluding carboxylic acids is 2. The Bertz CT molecular complexity index is 561. The molecule has 5 heteroatoms. The second kappa shape index (κ2) is 7.13. The summed E-state index contributed by atoms with van der Waals surface area (Å²) in [5.41, 5.74) is 7.14. The number of benzene rings is 1. The van der Waals surface area contributed by atoms with E-state index in [-0.39, 0.29) is 23.3 Å². The van der Waals surface area contributed by atoms with E-state index in [1.54, 1.807) is 29.2 Å². The summed E-state index contributed by atoms with van der Waals surface area (Å²) in [5.74, 6) is -0.124. The standard InChI is InChI=1S/C18H27N3O2/c1-18(2,3)12-20-16(22)13-6-8-14(9-7-13)17(23)21-10-4-5-15(19)11-21/h6-9,15H,4-5,10-12,19H2,1-3H3,(H,20,22). The monoisotopic (exact) mass is 317 g/mol. The lowest BCUT2D eigenvalue weighted by Crippen LogP contribution is -2.45. The first-order valence-electron chi connectivity index (χ1n) is 8.19. The Balaban J connectivity index is 1.98. The molecule has 1 atom stereocenters. The number of nitrogens with one attached hydrogen (secondary N) is 1. The minimum atomic E-state index is -0.112. The van der Waals surface area contributed by atoms with Crippen LogP contribution in [-0.2, 0) is 0 Å². The molecule has 5 nitrogen and oxygen atoms in total. The van der Waals surface area contributed by atoms with Gasteiger partial charge in [0.25, 0.3) is 11.8 Å². The molecule has 1 aromatic rings. The smallest absolute Gasteiger partial charge is 0.253 e. The van der Waals surface area contributed by atoms with E-state index in [0.29, 0.717) is 24.2 Å². The highest BCUT2D eigenvalue weighted by Gasteiger charge is 2.22. The number of amides is 2. The number of carbonyl (C=O) groups is 2. The maximum atomic E-state index is 12.5. The summed E-state index contributed by atoms with van der Waals surface area (Å²) in [6.45, 7) is 8.17. The van der Waals surface area contributed by atoms with E-state index >= 15 is 0 Å². The number of piperidine rings is 1. The zero-order valence-electron chi connectivity index (χ0n) is 14.3. The predicted molar refractivity (Wildman–Crippen MR) is 91.3 cm³/mol. The van der Waals surface area contributed by atoms with Gasteiger partial charge in [0.2, 0.25) is 0 Å². The van der Waals surface area contributed by atoms with Crippen molar-refractivity contribution in [3.05, 3.63) is 35.4 Å². The average Bonchev–Trinajstić information content (AvgIpc) is 2.51. The number of likely N-dealkylation sites (tertiary alicyclic amines) is 1. The van der Waals surface area contributed by atoms with Crippen LogP contribution in [0.1, 0.15) is 54.3 Å². The number of hydrogen-bond donors (Lipinski definition) is 2. The van der Waals surface area contributed by atoms with E-state index in [1.807, 2.05) is 0 Å². The fourth-order valence-corrected chi connectivity index (χ4v) is 2.59. The molecule has 1 unspecified atom stereocenters. The summed E-state index contributed by atoms with van der Waals surface area (Å²) in [6, 6.07) is 6.91. The summed E-state index contributed by atoms with van der Waals surface area (Å²) >= 11 is 0. The van der Waals surface area contributed by atoms with Gasteiger partial charge in [-0.05, 0) is 42.5 Å². The molecule has 3 N–H and O–H groups in total. The second-order valence-corrected chi connectivity index (χ2v) is 7.47. The van der Waals surface area contributed by atoms with Gasteiger partial charge in [0.15, 0.2) is 0 Å². The van der Waals surface area contributed by atoms with Crippen LogP contribution in [0.4, 0.5) is 0 Å². The van der Waals surface area contributed by atoms with Gasteiger partial charge in [-0.3, -0.25) is 9.59 Å².